The molecule has 0 aliphatic heterocycles. The first kappa shape index (κ1) is 15.1. The van der Waals surface area contributed by atoms with Gasteiger partial charge in [0.2, 0.25) is 0 Å². The molecule has 1 N–H and O–H groups in total. The summed E-state index contributed by atoms with van der Waals surface area (Å²) < 4.78 is 5.77. The molecule has 118 valence electrons. The second kappa shape index (κ2) is 6.99. The second-order valence-corrected chi connectivity index (χ2v) is 6.38. The molecule has 1 aromatic rings. The lowest BCUT2D eigenvalue weighted by molar-refractivity contribution is -0.145. The Labute approximate surface area is 132 Å². The van der Waals surface area contributed by atoms with Crippen molar-refractivity contribution in [1.82, 2.24) is 0 Å². The van der Waals surface area contributed by atoms with Crippen LogP contribution in [0, 0.1) is 0 Å². The van der Waals surface area contributed by atoms with E-state index in [0.29, 0.717) is 12.2 Å². The molecular weight excluding hydrogens is 276 g/mol. The van der Waals surface area contributed by atoms with E-state index in [1.807, 2.05) is 12.1 Å². The van der Waals surface area contributed by atoms with Crippen molar-refractivity contribution in [1.29, 1.82) is 0 Å². The molecule has 0 saturated carbocycles. The van der Waals surface area contributed by atoms with Crippen LogP contribution in [0.1, 0.15) is 56.1 Å². The Morgan fingerprint density at radius 3 is 2.77 bits per heavy atom. The summed E-state index contributed by atoms with van der Waals surface area (Å²) in [4.78, 5) is 11.5. The van der Waals surface area contributed by atoms with E-state index in [9.17, 15) is 9.90 Å². The van der Waals surface area contributed by atoms with Gasteiger partial charge in [0.05, 0.1) is 0 Å². The van der Waals surface area contributed by atoms with Crippen LogP contribution in [0.4, 0.5) is 0 Å². The van der Waals surface area contributed by atoms with Gasteiger partial charge in [0.15, 0.2) is 6.10 Å². The van der Waals surface area contributed by atoms with E-state index in [1.54, 1.807) is 0 Å². The summed E-state index contributed by atoms with van der Waals surface area (Å²) in [6, 6.07) is 6.03. The minimum atomic E-state index is -0.864. The van der Waals surface area contributed by atoms with Crippen molar-refractivity contribution < 1.29 is 14.6 Å². The van der Waals surface area contributed by atoms with Crippen LogP contribution in [-0.2, 0) is 17.6 Å². The number of hydrogen-bond acceptors (Lipinski definition) is 2. The Hall–Kier alpha value is -1.77. The number of carboxylic acid groups (broad SMARTS) is 1. The van der Waals surface area contributed by atoms with Crippen molar-refractivity contribution in [3.8, 4) is 5.75 Å². The maximum atomic E-state index is 11.5. The largest absolute Gasteiger partial charge is 0.479 e. The number of hydrogen-bond donors (Lipinski definition) is 1. The monoisotopic (exact) mass is 300 g/mol. The molecule has 1 unspecified atom stereocenters. The lowest BCUT2D eigenvalue weighted by Crippen LogP contribution is -2.27. The molecule has 1 atom stereocenters. The summed E-state index contributed by atoms with van der Waals surface area (Å²) in [6.07, 6.45) is 11.1. The van der Waals surface area contributed by atoms with Gasteiger partial charge in [-0.1, -0.05) is 17.7 Å². The first-order valence-corrected chi connectivity index (χ1v) is 8.41. The highest BCUT2D eigenvalue weighted by Gasteiger charge is 2.21. The molecule has 0 spiro atoms. The van der Waals surface area contributed by atoms with E-state index in [4.69, 9.17) is 4.74 Å². The first-order valence-electron chi connectivity index (χ1n) is 8.41. The first-order chi connectivity index (χ1) is 10.7. The molecule has 22 heavy (non-hydrogen) atoms. The maximum Gasteiger partial charge on any atom is 0.344 e. The van der Waals surface area contributed by atoms with Crippen LogP contribution in [0.25, 0.3) is 0 Å². The zero-order valence-electron chi connectivity index (χ0n) is 13.0. The normalized spacial score (nSPS) is 18.5. The minimum Gasteiger partial charge on any atom is -0.479 e. The number of allylic oxidation sites excluding steroid dienone is 2. The highest BCUT2D eigenvalue weighted by atomic mass is 16.5. The van der Waals surface area contributed by atoms with E-state index in [1.165, 1.54) is 36.0 Å². The third kappa shape index (κ3) is 3.70. The fraction of sp³-hybridized carbons (Fsp3) is 0.526. The molecule has 0 fully saturated rings. The van der Waals surface area contributed by atoms with Gasteiger partial charge in [-0.3, -0.25) is 0 Å². The van der Waals surface area contributed by atoms with Crippen LogP contribution in [-0.4, -0.2) is 17.2 Å². The zero-order chi connectivity index (χ0) is 15.4. The van der Waals surface area contributed by atoms with Crippen molar-refractivity contribution in [3.63, 3.8) is 0 Å². The summed E-state index contributed by atoms with van der Waals surface area (Å²) in [6.45, 7) is 0. The Balaban J connectivity index is 1.61. The van der Waals surface area contributed by atoms with Crippen LogP contribution >= 0.6 is 0 Å². The summed E-state index contributed by atoms with van der Waals surface area (Å²) in [5.41, 5.74) is 4.10. The van der Waals surface area contributed by atoms with E-state index >= 15 is 0 Å². The van der Waals surface area contributed by atoms with Crippen LogP contribution in [0.2, 0.25) is 0 Å². The van der Waals surface area contributed by atoms with Crippen molar-refractivity contribution in [3.05, 3.63) is 41.0 Å². The third-order valence-corrected chi connectivity index (χ3v) is 4.74. The van der Waals surface area contributed by atoms with Gasteiger partial charge in [0, 0.05) is 0 Å². The molecule has 0 heterocycles. The maximum absolute atomic E-state index is 11.5. The number of benzene rings is 1. The van der Waals surface area contributed by atoms with Crippen LogP contribution in [0.15, 0.2) is 29.8 Å². The molecule has 1 aromatic carbocycles. The molecule has 0 saturated heterocycles. The van der Waals surface area contributed by atoms with Gasteiger partial charge in [-0.05, 0) is 81.0 Å². The summed E-state index contributed by atoms with van der Waals surface area (Å²) in [5, 5.41) is 9.41. The molecule has 0 radical (unpaired) electrons. The topological polar surface area (TPSA) is 46.5 Å². The van der Waals surface area contributed by atoms with Gasteiger partial charge in [0.25, 0.3) is 0 Å². The second-order valence-electron chi connectivity index (χ2n) is 6.38. The molecule has 0 amide bonds. The molecule has 2 aliphatic rings. The Morgan fingerprint density at radius 2 is 2.00 bits per heavy atom. The number of carbonyl (C=O) groups is 1. The SMILES string of the molecule is O=C(O)C(CCC1=CCCCC1)Oc1ccc2c(c1)CCC2. The van der Waals surface area contributed by atoms with Gasteiger partial charge >= 0.3 is 5.97 Å². The van der Waals surface area contributed by atoms with Gasteiger partial charge in [-0.2, -0.15) is 0 Å². The van der Waals surface area contributed by atoms with Gasteiger partial charge < -0.3 is 9.84 Å². The average molecular weight is 300 g/mol. The van der Waals surface area contributed by atoms with Crippen LogP contribution in [0.3, 0.4) is 0 Å². The number of rotatable bonds is 6. The van der Waals surface area contributed by atoms with E-state index < -0.39 is 12.1 Å². The highest BCUT2D eigenvalue weighted by molar-refractivity contribution is 5.72. The predicted molar refractivity (Wildman–Crippen MR) is 86.3 cm³/mol. The molecule has 3 nitrogen and oxygen atoms in total. The average Bonchev–Trinajstić information content (AvgIpc) is 2.99. The number of carboxylic acids is 1. The number of aryl methyl sites for hydroxylation is 2. The van der Waals surface area contributed by atoms with Crippen LogP contribution in [0.5, 0.6) is 5.75 Å². The number of fused-ring (bicyclic) bond motifs is 1. The predicted octanol–water partition coefficient (Wildman–Crippen LogP) is 4.29. The molecular formula is C19H24O3. The number of ether oxygens (including phenoxy) is 1. The smallest absolute Gasteiger partial charge is 0.344 e. The van der Waals surface area contributed by atoms with E-state index in [2.05, 4.69) is 12.1 Å². The Kier molecular flexibility index (Phi) is 4.81. The third-order valence-electron chi connectivity index (χ3n) is 4.74. The van der Waals surface area contributed by atoms with Crippen molar-refractivity contribution >= 4 is 5.97 Å². The van der Waals surface area contributed by atoms with Crippen molar-refractivity contribution in [2.24, 2.45) is 0 Å². The quantitative estimate of drug-likeness (QED) is 0.797. The summed E-state index contributed by atoms with van der Waals surface area (Å²) in [5.74, 6) is -0.164. The minimum absolute atomic E-state index is 0.554. The zero-order valence-corrected chi connectivity index (χ0v) is 13.0. The molecule has 0 bridgehead atoms. The fourth-order valence-corrected chi connectivity index (χ4v) is 3.47. The lowest BCUT2D eigenvalue weighted by atomic mass is 9.95. The highest BCUT2D eigenvalue weighted by Crippen LogP contribution is 2.28. The lowest BCUT2D eigenvalue weighted by Gasteiger charge is -2.18. The van der Waals surface area contributed by atoms with Gasteiger partial charge in [-0.25, -0.2) is 4.79 Å². The summed E-state index contributed by atoms with van der Waals surface area (Å²) >= 11 is 0. The van der Waals surface area contributed by atoms with Gasteiger partial charge in [-0.15, -0.1) is 0 Å². The molecule has 3 rings (SSSR count). The Bertz CT molecular complexity index is 574. The van der Waals surface area contributed by atoms with Crippen molar-refractivity contribution in [2.45, 2.75) is 63.9 Å². The fourth-order valence-electron chi connectivity index (χ4n) is 3.47. The molecule has 0 aromatic heterocycles. The standard InChI is InChI=1S/C19H24O3/c20-19(21)18(12-9-14-5-2-1-3-6-14)22-17-11-10-15-7-4-8-16(15)13-17/h5,10-11,13,18H,1-4,6-9,12H2,(H,20,21). The Morgan fingerprint density at radius 1 is 1.14 bits per heavy atom. The van der Waals surface area contributed by atoms with E-state index in [-0.39, 0.29) is 0 Å². The van der Waals surface area contributed by atoms with Gasteiger partial charge in [0.1, 0.15) is 5.75 Å². The number of aliphatic carboxylic acids is 1. The molecule has 2 aliphatic carbocycles. The van der Waals surface area contributed by atoms with E-state index in [0.717, 1.165) is 32.1 Å². The van der Waals surface area contributed by atoms with Crippen molar-refractivity contribution in [2.75, 3.05) is 0 Å². The molecule has 3 heteroatoms. The van der Waals surface area contributed by atoms with Crippen LogP contribution < -0.4 is 4.74 Å². The summed E-state index contributed by atoms with van der Waals surface area (Å²) in [7, 11) is 0.